The summed E-state index contributed by atoms with van der Waals surface area (Å²) in [6, 6.07) is 3.89. The third-order valence-electron chi connectivity index (χ3n) is 5.56. The second-order valence-corrected chi connectivity index (χ2v) is 7.54. The number of fused-ring (bicyclic) bond motifs is 1. The van der Waals surface area contributed by atoms with Crippen LogP contribution < -0.4 is 19.8 Å². The molecule has 2 aromatic rings. The number of nitrogens with one attached hydrogen (secondary N) is 1. The molecule has 28 heavy (non-hydrogen) atoms. The summed E-state index contributed by atoms with van der Waals surface area (Å²) in [6.45, 7) is 2.15. The molecular weight excluding hydrogens is 358 g/mol. The molecule has 0 bridgehead atoms. The van der Waals surface area contributed by atoms with Crippen LogP contribution in [-0.4, -0.2) is 42.7 Å². The molecule has 150 valence electrons. The lowest BCUT2D eigenvalue weighted by molar-refractivity contribution is 0.234. The van der Waals surface area contributed by atoms with Gasteiger partial charge in [0.05, 0.1) is 27.0 Å². The van der Waals surface area contributed by atoms with Crippen molar-refractivity contribution >= 4 is 0 Å². The zero-order chi connectivity index (χ0) is 19.7. The minimum Gasteiger partial charge on any atom is -0.493 e. The molecule has 2 aliphatic rings. The van der Waals surface area contributed by atoms with E-state index in [4.69, 9.17) is 19.2 Å². The van der Waals surface area contributed by atoms with Crippen molar-refractivity contribution in [3.63, 3.8) is 0 Å². The van der Waals surface area contributed by atoms with E-state index >= 15 is 0 Å². The van der Waals surface area contributed by atoms with Gasteiger partial charge in [0, 0.05) is 37.2 Å². The van der Waals surface area contributed by atoms with Gasteiger partial charge in [-0.1, -0.05) is 6.07 Å². The third kappa shape index (κ3) is 3.71. The van der Waals surface area contributed by atoms with Gasteiger partial charge in [0.1, 0.15) is 5.82 Å². The van der Waals surface area contributed by atoms with E-state index in [1.165, 1.54) is 12.8 Å². The maximum absolute atomic E-state index is 12.4. The summed E-state index contributed by atoms with van der Waals surface area (Å²) in [4.78, 5) is 22.5. The third-order valence-corrected chi connectivity index (χ3v) is 5.56. The molecule has 1 aromatic carbocycles. The Kier molecular flexibility index (Phi) is 5.26. The smallest absolute Gasteiger partial charge is 0.254 e. The fourth-order valence-corrected chi connectivity index (χ4v) is 3.90. The molecule has 0 amide bonds. The van der Waals surface area contributed by atoms with Crippen LogP contribution in [0.15, 0.2) is 16.9 Å². The largest absolute Gasteiger partial charge is 0.493 e. The van der Waals surface area contributed by atoms with E-state index in [1.54, 1.807) is 21.3 Å². The fourth-order valence-electron chi connectivity index (χ4n) is 3.90. The van der Waals surface area contributed by atoms with Gasteiger partial charge >= 0.3 is 0 Å². The average Bonchev–Trinajstić information content (AvgIpc) is 3.51. The highest BCUT2D eigenvalue weighted by atomic mass is 16.5. The van der Waals surface area contributed by atoms with Crippen LogP contribution in [-0.2, 0) is 25.9 Å². The Morgan fingerprint density at radius 2 is 1.93 bits per heavy atom. The van der Waals surface area contributed by atoms with Gasteiger partial charge in [-0.15, -0.1) is 0 Å². The van der Waals surface area contributed by atoms with Crippen molar-refractivity contribution < 1.29 is 14.2 Å². The molecule has 7 nitrogen and oxygen atoms in total. The zero-order valence-electron chi connectivity index (χ0n) is 16.7. The lowest BCUT2D eigenvalue weighted by Crippen LogP contribution is -2.35. The molecule has 1 aromatic heterocycles. The number of aromatic nitrogens is 2. The summed E-state index contributed by atoms with van der Waals surface area (Å²) < 4.78 is 16.5. The summed E-state index contributed by atoms with van der Waals surface area (Å²) in [7, 11) is 4.86. The first-order valence-corrected chi connectivity index (χ1v) is 9.74. The Labute approximate surface area is 164 Å². The van der Waals surface area contributed by atoms with Crippen molar-refractivity contribution in [2.75, 3.05) is 27.9 Å². The predicted molar refractivity (Wildman–Crippen MR) is 105 cm³/mol. The van der Waals surface area contributed by atoms with Gasteiger partial charge in [-0.05, 0) is 31.2 Å². The average molecular weight is 385 g/mol. The Bertz CT molecular complexity index is 921. The normalized spacial score (nSPS) is 16.5. The topological polar surface area (TPSA) is 76.7 Å². The first-order chi connectivity index (χ1) is 13.6. The first kappa shape index (κ1) is 18.8. The summed E-state index contributed by atoms with van der Waals surface area (Å²) in [6.07, 6.45) is 4.07. The Morgan fingerprint density at radius 1 is 1.14 bits per heavy atom. The summed E-state index contributed by atoms with van der Waals surface area (Å²) in [5.41, 5.74) is 2.79. The molecule has 4 rings (SSSR count). The number of rotatable bonds is 7. The van der Waals surface area contributed by atoms with Crippen LogP contribution in [0, 0.1) is 5.92 Å². The van der Waals surface area contributed by atoms with E-state index in [0.29, 0.717) is 42.7 Å². The van der Waals surface area contributed by atoms with Crippen LogP contribution in [0.1, 0.15) is 35.5 Å². The molecule has 0 spiro atoms. The molecule has 1 fully saturated rings. The molecule has 0 unspecified atom stereocenters. The zero-order valence-corrected chi connectivity index (χ0v) is 16.7. The molecule has 1 N–H and O–H groups in total. The van der Waals surface area contributed by atoms with Crippen LogP contribution in [0.5, 0.6) is 17.2 Å². The number of methoxy groups -OCH3 is 3. The van der Waals surface area contributed by atoms with E-state index in [-0.39, 0.29) is 5.56 Å². The fraction of sp³-hybridized carbons (Fsp3) is 0.524. The van der Waals surface area contributed by atoms with Crippen molar-refractivity contribution in [2.24, 2.45) is 5.92 Å². The van der Waals surface area contributed by atoms with Crippen LogP contribution in [0.2, 0.25) is 0 Å². The molecule has 0 radical (unpaired) electrons. The van der Waals surface area contributed by atoms with Gasteiger partial charge in [-0.2, -0.15) is 0 Å². The van der Waals surface area contributed by atoms with E-state index < -0.39 is 0 Å². The molecule has 1 saturated carbocycles. The number of aromatic amines is 1. The molecule has 0 atom stereocenters. The molecule has 0 saturated heterocycles. The van der Waals surface area contributed by atoms with Gasteiger partial charge in [-0.3, -0.25) is 9.69 Å². The molecule has 7 heteroatoms. The minimum absolute atomic E-state index is 0.0315. The van der Waals surface area contributed by atoms with E-state index in [2.05, 4.69) is 9.88 Å². The van der Waals surface area contributed by atoms with Crippen LogP contribution in [0.25, 0.3) is 0 Å². The van der Waals surface area contributed by atoms with E-state index in [0.717, 1.165) is 35.6 Å². The Hall–Kier alpha value is -2.54. The standard InChI is InChI=1S/C21H27N3O4/c1-26-17-7-6-14(19(27-2)20(17)28-3)11-24-9-8-15-16(12-24)22-18(23-21(15)25)10-13-4-5-13/h6-7,13H,4-5,8-12H2,1-3H3,(H,22,23,25). The lowest BCUT2D eigenvalue weighted by atomic mass is 10.0. The first-order valence-electron chi connectivity index (χ1n) is 9.74. The second-order valence-electron chi connectivity index (χ2n) is 7.54. The van der Waals surface area contributed by atoms with E-state index in [1.807, 2.05) is 12.1 Å². The van der Waals surface area contributed by atoms with Crippen LogP contribution in [0.4, 0.5) is 0 Å². The van der Waals surface area contributed by atoms with Crippen LogP contribution in [0.3, 0.4) is 0 Å². The van der Waals surface area contributed by atoms with Gasteiger partial charge in [0.15, 0.2) is 11.5 Å². The van der Waals surface area contributed by atoms with Crippen LogP contribution >= 0.6 is 0 Å². The summed E-state index contributed by atoms with van der Waals surface area (Å²) in [5, 5.41) is 0. The van der Waals surface area contributed by atoms with Gasteiger partial charge in [0.25, 0.3) is 5.56 Å². The summed E-state index contributed by atoms with van der Waals surface area (Å²) in [5.74, 6) is 3.45. The molecule has 2 heterocycles. The number of benzene rings is 1. The number of ether oxygens (including phenoxy) is 3. The number of hydrogen-bond acceptors (Lipinski definition) is 6. The highest BCUT2D eigenvalue weighted by molar-refractivity contribution is 5.55. The highest BCUT2D eigenvalue weighted by Gasteiger charge is 2.26. The van der Waals surface area contributed by atoms with Crippen molar-refractivity contribution in [2.45, 2.75) is 38.8 Å². The second kappa shape index (κ2) is 7.83. The monoisotopic (exact) mass is 385 g/mol. The SMILES string of the molecule is COc1ccc(CN2CCc3c(nc(CC4CC4)[nH]c3=O)C2)c(OC)c1OC. The number of hydrogen-bond donors (Lipinski definition) is 1. The highest BCUT2D eigenvalue weighted by Crippen LogP contribution is 2.40. The van der Waals surface area contributed by atoms with Gasteiger partial charge in [0.2, 0.25) is 5.75 Å². The Morgan fingerprint density at radius 3 is 2.61 bits per heavy atom. The maximum Gasteiger partial charge on any atom is 0.254 e. The number of nitrogens with zero attached hydrogens (tertiary/aromatic N) is 2. The van der Waals surface area contributed by atoms with Crippen molar-refractivity contribution in [1.29, 1.82) is 0 Å². The van der Waals surface area contributed by atoms with Crippen molar-refractivity contribution in [3.8, 4) is 17.2 Å². The lowest BCUT2D eigenvalue weighted by Gasteiger charge is -2.28. The molecular formula is C21H27N3O4. The minimum atomic E-state index is 0.0315. The predicted octanol–water partition coefficient (Wildman–Crippen LogP) is 2.31. The molecule has 1 aliphatic carbocycles. The molecule has 1 aliphatic heterocycles. The van der Waals surface area contributed by atoms with Gasteiger partial charge in [-0.25, -0.2) is 4.98 Å². The summed E-state index contributed by atoms with van der Waals surface area (Å²) >= 11 is 0. The Balaban J connectivity index is 1.56. The quantitative estimate of drug-likeness (QED) is 0.788. The van der Waals surface area contributed by atoms with Gasteiger partial charge < -0.3 is 19.2 Å². The van der Waals surface area contributed by atoms with Crippen molar-refractivity contribution in [1.82, 2.24) is 14.9 Å². The van der Waals surface area contributed by atoms with E-state index in [9.17, 15) is 4.79 Å². The number of H-pyrrole nitrogens is 1. The maximum atomic E-state index is 12.4. The van der Waals surface area contributed by atoms with Crippen molar-refractivity contribution in [3.05, 3.63) is 45.1 Å².